The van der Waals surface area contributed by atoms with Gasteiger partial charge in [-0.25, -0.2) is 9.48 Å². The molecule has 1 aromatic heterocycles. The van der Waals surface area contributed by atoms with Gasteiger partial charge in [0, 0.05) is 11.3 Å². The van der Waals surface area contributed by atoms with Gasteiger partial charge in [-0.15, -0.1) is 0 Å². The van der Waals surface area contributed by atoms with E-state index in [0.717, 1.165) is 5.69 Å². The van der Waals surface area contributed by atoms with Gasteiger partial charge in [0.15, 0.2) is 5.75 Å². The van der Waals surface area contributed by atoms with Crippen molar-refractivity contribution in [3.8, 4) is 17.2 Å². The molecule has 3 aromatic carbocycles. The van der Waals surface area contributed by atoms with Crippen LogP contribution >= 0.6 is 0 Å². The number of ether oxygens (including phenoxy) is 3. The van der Waals surface area contributed by atoms with Crippen LogP contribution in [0.25, 0.3) is 5.69 Å². The molecule has 0 radical (unpaired) electrons. The number of esters is 1. The van der Waals surface area contributed by atoms with E-state index in [1.54, 1.807) is 61.8 Å². The molecule has 8 heteroatoms. The zero-order valence-corrected chi connectivity index (χ0v) is 18.7. The maximum Gasteiger partial charge on any atom is 0.363 e. The second-order valence-corrected chi connectivity index (χ2v) is 7.24. The van der Waals surface area contributed by atoms with Crippen LogP contribution < -0.4 is 14.8 Å². The molecule has 1 atom stereocenters. The number of para-hydroxylation sites is 1. The Morgan fingerprint density at radius 3 is 2.12 bits per heavy atom. The van der Waals surface area contributed by atoms with Gasteiger partial charge in [-0.3, -0.25) is 4.79 Å². The predicted molar refractivity (Wildman–Crippen MR) is 126 cm³/mol. The second-order valence-electron chi connectivity index (χ2n) is 7.24. The Morgan fingerprint density at radius 2 is 1.50 bits per heavy atom. The fourth-order valence-corrected chi connectivity index (χ4v) is 3.31. The molecule has 34 heavy (non-hydrogen) atoms. The van der Waals surface area contributed by atoms with Crippen molar-refractivity contribution < 1.29 is 23.8 Å². The fraction of sp³-hybridized carbons (Fsp3) is 0.115. The molecule has 4 aromatic rings. The molecule has 0 saturated carbocycles. The Labute approximate surface area is 196 Å². The molecule has 0 aliphatic rings. The van der Waals surface area contributed by atoms with E-state index in [-0.39, 0.29) is 11.4 Å². The summed E-state index contributed by atoms with van der Waals surface area (Å²) in [7, 11) is 3.00. The number of benzene rings is 3. The van der Waals surface area contributed by atoms with E-state index in [0.29, 0.717) is 17.0 Å². The van der Waals surface area contributed by atoms with E-state index in [2.05, 4.69) is 10.4 Å². The number of aromatic nitrogens is 2. The van der Waals surface area contributed by atoms with Crippen LogP contribution in [0.5, 0.6) is 11.5 Å². The minimum absolute atomic E-state index is 0.0375. The van der Waals surface area contributed by atoms with Gasteiger partial charge in [0.05, 0.1) is 26.1 Å². The third-order valence-electron chi connectivity index (χ3n) is 5.04. The zero-order chi connectivity index (χ0) is 23.9. The molecule has 0 bridgehead atoms. The molecule has 4 rings (SSSR count). The summed E-state index contributed by atoms with van der Waals surface area (Å²) in [5.41, 5.74) is 1.76. The quantitative estimate of drug-likeness (QED) is 0.394. The summed E-state index contributed by atoms with van der Waals surface area (Å²) in [6.07, 6.45) is 0.378. The molecule has 1 unspecified atom stereocenters. The first-order chi connectivity index (χ1) is 16.6. The van der Waals surface area contributed by atoms with Crippen LogP contribution in [0.1, 0.15) is 22.2 Å². The van der Waals surface area contributed by atoms with Crippen LogP contribution in [-0.2, 0) is 9.53 Å². The van der Waals surface area contributed by atoms with Gasteiger partial charge in [0.25, 0.3) is 5.91 Å². The minimum Gasteiger partial charge on any atom is -0.497 e. The topological polar surface area (TPSA) is 91.7 Å². The number of anilines is 1. The van der Waals surface area contributed by atoms with Crippen LogP contribution in [-0.4, -0.2) is 35.9 Å². The lowest BCUT2D eigenvalue weighted by Gasteiger charge is -2.18. The number of hydrogen-bond acceptors (Lipinski definition) is 6. The maximum atomic E-state index is 13.1. The number of hydrogen-bond donors (Lipinski definition) is 1. The third-order valence-corrected chi connectivity index (χ3v) is 5.04. The standard InChI is InChI=1S/C26H23N3O5/c1-32-21-15-13-19(14-16-21)27-25(30)24(18-9-5-3-6-10-18)34-26(31)23-22(33-2)17-29(28-23)20-11-7-4-8-12-20/h3-17,24H,1-2H3,(H,27,30). The van der Waals surface area contributed by atoms with Crippen LogP contribution in [0.4, 0.5) is 5.69 Å². The van der Waals surface area contributed by atoms with Crippen LogP contribution in [0, 0.1) is 0 Å². The van der Waals surface area contributed by atoms with Gasteiger partial charge in [0.1, 0.15) is 5.75 Å². The van der Waals surface area contributed by atoms with Crippen molar-refractivity contribution in [2.45, 2.75) is 6.10 Å². The van der Waals surface area contributed by atoms with Gasteiger partial charge < -0.3 is 19.5 Å². The fourth-order valence-electron chi connectivity index (χ4n) is 3.31. The molecule has 172 valence electrons. The molecule has 8 nitrogen and oxygen atoms in total. The van der Waals surface area contributed by atoms with Crippen LogP contribution in [0.2, 0.25) is 0 Å². The van der Waals surface area contributed by atoms with E-state index in [1.807, 2.05) is 36.4 Å². The molecule has 0 saturated heterocycles. The number of carbonyl (C=O) groups is 2. The average Bonchev–Trinajstić information content (AvgIpc) is 3.33. The Kier molecular flexibility index (Phi) is 6.88. The molecule has 0 fully saturated rings. The molecular formula is C26H23N3O5. The van der Waals surface area contributed by atoms with Gasteiger partial charge in [-0.1, -0.05) is 48.5 Å². The number of nitrogens with zero attached hydrogens (tertiary/aromatic N) is 2. The first-order valence-electron chi connectivity index (χ1n) is 10.5. The SMILES string of the molecule is COc1ccc(NC(=O)C(OC(=O)c2nn(-c3ccccc3)cc2OC)c2ccccc2)cc1. The highest BCUT2D eigenvalue weighted by atomic mass is 16.6. The van der Waals surface area contributed by atoms with Gasteiger partial charge in [-0.05, 0) is 36.4 Å². The maximum absolute atomic E-state index is 13.1. The molecule has 0 aliphatic heterocycles. The lowest BCUT2D eigenvalue weighted by atomic mass is 10.1. The second kappa shape index (κ2) is 10.4. The van der Waals surface area contributed by atoms with E-state index in [4.69, 9.17) is 14.2 Å². The molecule has 1 amide bonds. The lowest BCUT2D eigenvalue weighted by Crippen LogP contribution is -2.26. The number of methoxy groups -OCH3 is 2. The van der Waals surface area contributed by atoms with E-state index in [1.165, 1.54) is 11.8 Å². The van der Waals surface area contributed by atoms with Gasteiger partial charge in [-0.2, -0.15) is 5.10 Å². The third kappa shape index (κ3) is 5.07. The highest BCUT2D eigenvalue weighted by Crippen LogP contribution is 2.26. The lowest BCUT2D eigenvalue weighted by molar-refractivity contribution is -0.125. The zero-order valence-electron chi connectivity index (χ0n) is 18.7. The average molecular weight is 457 g/mol. The van der Waals surface area contributed by atoms with Crippen molar-refractivity contribution in [2.24, 2.45) is 0 Å². The number of amides is 1. The Bertz CT molecular complexity index is 1250. The van der Waals surface area contributed by atoms with Gasteiger partial charge >= 0.3 is 5.97 Å². The molecule has 1 heterocycles. The monoisotopic (exact) mass is 457 g/mol. The molecule has 1 N–H and O–H groups in total. The first-order valence-corrected chi connectivity index (χ1v) is 10.5. The Balaban J connectivity index is 1.60. The van der Waals surface area contributed by atoms with Gasteiger partial charge in [0.2, 0.25) is 11.8 Å². The van der Waals surface area contributed by atoms with Crippen molar-refractivity contribution in [1.82, 2.24) is 9.78 Å². The number of carbonyl (C=O) groups excluding carboxylic acids is 2. The summed E-state index contributed by atoms with van der Waals surface area (Å²) in [6, 6.07) is 24.9. The van der Waals surface area contributed by atoms with Crippen molar-refractivity contribution in [3.63, 3.8) is 0 Å². The predicted octanol–water partition coefficient (Wildman–Crippen LogP) is 4.43. The van der Waals surface area contributed by atoms with Crippen LogP contribution in [0.15, 0.2) is 91.1 Å². The summed E-state index contributed by atoms with van der Waals surface area (Å²) in [5.74, 6) is -0.405. The molecular weight excluding hydrogens is 434 g/mol. The van der Waals surface area contributed by atoms with E-state index >= 15 is 0 Å². The summed E-state index contributed by atoms with van der Waals surface area (Å²) in [5, 5.41) is 7.11. The summed E-state index contributed by atoms with van der Waals surface area (Å²) < 4.78 is 17.7. The number of nitrogens with one attached hydrogen (secondary N) is 1. The normalized spacial score (nSPS) is 11.4. The molecule has 0 aliphatic carbocycles. The highest BCUT2D eigenvalue weighted by Gasteiger charge is 2.29. The van der Waals surface area contributed by atoms with Crippen molar-refractivity contribution in [3.05, 3.63) is 102 Å². The largest absolute Gasteiger partial charge is 0.497 e. The minimum atomic E-state index is -1.21. The van der Waals surface area contributed by atoms with E-state index < -0.39 is 18.0 Å². The van der Waals surface area contributed by atoms with Crippen molar-refractivity contribution in [2.75, 3.05) is 19.5 Å². The van der Waals surface area contributed by atoms with Crippen LogP contribution in [0.3, 0.4) is 0 Å². The van der Waals surface area contributed by atoms with E-state index in [9.17, 15) is 9.59 Å². The Morgan fingerprint density at radius 1 is 0.853 bits per heavy atom. The van der Waals surface area contributed by atoms with Crippen molar-refractivity contribution in [1.29, 1.82) is 0 Å². The molecule has 0 spiro atoms. The highest BCUT2D eigenvalue weighted by molar-refractivity contribution is 5.98. The first kappa shape index (κ1) is 22.6. The smallest absolute Gasteiger partial charge is 0.363 e. The summed E-state index contributed by atoms with van der Waals surface area (Å²) in [6.45, 7) is 0. The number of rotatable bonds is 8. The van der Waals surface area contributed by atoms with Crippen molar-refractivity contribution >= 4 is 17.6 Å². The summed E-state index contributed by atoms with van der Waals surface area (Å²) >= 11 is 0. The Hall–Kier alpha value is -4.59. The summed E-state index contributed by atoms with van der Waals surface area (Å²) in [4.78, 5) is 26.3.